The lowest BCUT2D eigenvalue weighted by atomic mass is 10.1. The minimum Gasteiger partial charge on any atom is -0.355 e. The molecular formula is C22H24FN5O2S. The van der Waals surface area contributed by atoms with E-state index in [1.165, 1.54) is 18.2 Å². The lowest BCUT2D eigenvalue weighted by Gasteiger charge is -2.34. The fourth-order valence-corrected chi connectivity index (χ4v) is 4.93. The summed E-state index contributed by atoms with van der Waals surface area (Å²) in [6.07, 6.45) is 3.96. The summed E-state index contributed by atoms with van der Waals surface area (Å²) in [5, 5.41) is 0. The molecule has 31 heavy (non-hydrogen) atoms. The lowest BCUT2D eigenvalue weighted by molar-refractivity contribution is 0.463. The zero-order chi connectivity index (χ0) is 21.8. The molecule has 2 aromatic heterocycles. The number of pyridine rings is 1. The predicted octanol–water partition coefficient (Wildman–Crippen LogP) is 3.19. The maximum Gasteiger partial charge on any atom is 0.240 e. The van der Waals surface area contributed by atoms with E-state index in [1.54, 1.807) is 6.20 Å². The van der Waals surface area contributed by atoms with Crippen LogP contribution in [0.4, 0.5) is 10.2 Å². The van der Waals surface area contributed by atoms with Gasteiger partial charge in [-0.1, -0.05) is 19.1 Å². The largest absolute Gasteiger partial charge is 0.355 e. The maximum absolute atomic E-state index is 13.5. The van der Waals surface area contributed by atoms with Crippen molar-refractivity contribution in [1.82, 2.24) is 19.7 Å². The van der Waals surface area contributed by atoms with Crippen molar-refractivity contribution >= 4 is 15.8 Å². The first-order valence-corrected chi connectivity index (χ1v) is 11.7. The van der Waals surface area contributed by atoms with E-state index in [4.69, 9.17) is 4.98 Å². The smallest absolute Gasteiger partial charge is 0.240 e. The molecule has 4 rings (SSSR count). The highest BCUT2D eigenvalue weighted by molar-refractivity contribution is 7.89. The standard InChI is InChI=1S/C22H24FN5O2S/c1-2-17-14-21(26-22(25-17)20-10-3-4-11-24-20)28-12-6-8-18(15-28)27-31(29,30)19-9-5-7-16(23)13-19/h3-5,7,9-11,13-14,18,27H,2,6,8,12,15H2,1H3. The average Bonchev–Trinajstić information content (AvgIpc) is 2.79. The Labute approximate surface area is 181 Å². The summed E-state index contributed by atoms with van der Waals surface area (Å²) in [5.41, 5.74) is 1.59. The monoisotopic (exact) mass is 441 g/mol. The van der Waals surface area contributed by atoms with Gasteiger partial charge in [-0.15, -0.1) is 0 Å². The number of sulfonamides is 1. The number of aromatic nitrogens is 3. The molecule has 1 N–H and O–H groups in total. The van der Waals surface area contributed by atoms with Gasteiger partial charge in [-0.05, 0) is 49.6 Å². The molecule has 1 aliphatic rings. The molecule has 3 heterocycles. The van der Waals surface area contributed by atoms with Crippen LogP contribution in [-0.2, 0) is 16.4 Å². The number of anilines is 1. The van der Waals surface area contributed by atoms with Crippen molar-refractivity contribution < 1.29 is 12.8 Å². The summed E-state index contributed by atoms with van der Waals surface area (Å²) in [5.74, 6) is 0.725. The second kappa shape index (κ2) is 9.07. The highest BCUT2D eigenvalue weighted by atomic mass is 32.2. The van der Waals surface area contributed by atoms with Gasteiger partial charge in [-0.3, -0.25) is 4.98 Å². The molecule has 0 aliphatic carbocycles. The fourth-order valence-electron chi connectivity index (χ4n) is 3.64. The Morgan fingerprint density at radius 3 is 2.77 bits per heavy atom. The number of aryl methyl sites for hydroxylation is 1. The summed E-state index contributed by atoms with van der Waals surface area (Å²) >= 11 is 0. The van der Waals surface area contributed by atoms with Crippen LogP contribution in [0.2, 0.25) is 0 Å². The van der Waals surface area contributed by atoms with E-state index in [1.807, 2.05) is 31.2 Å². The van der Waals surface area contributed by atoms with Crippen LogP contribution in [0.5, 0.6) is 0 Å². The van der Waals surface area contributed by atoms with E-state index in [2.05, 4.69) is 19.6 Å². The summed E-state index contributed by atoms with van der Waals surface area (Å²) < 4.78 is 41.6. The Hall–Kier alpha value is -2.91. The topological polar surface area (TPSA) is 88.1 Å². The van der Waals surface area contributed by atoms with E-state index < -0.39 is 15.8 Å². The zero-order valence-corrected chi connectivity index (χ0v) is 18.0. The molecule has 1 unspecified atom stereocenters. The van der Waals surface area contributed by atoms with Crippen LogP contribution >= 0.6 is 0 Å². The summed E-state index contributed by atoms with van der Waals surface area (Å²) in [4.78, 5) is 15.6. The van der Waals surface area contributed by atoms with Gasteiger partial charge in [0, 0.05) is 37.1 Å². The van der Waals surface area contributed by atoms with Crippen molar-refractivity contribution in [1.29, 1.82) is 0 Å². The molecule has 0 spiro atoms. The number of nitrogens with zero attached hydrogens (tertiary/aromatic N) is 4. The minimum atomic E-state index is -3.81. The number of piperidine rings is 1. The van der Waals surface area contributed by atoms with Crippen LogP contribution in [0.25, 0.3) is 11.5 Å². The minimum absolute atomic E-state index is 0.0719. The number of nitrogens with one attached hydrogen (secondary N) is 1. The Morgan fingerprint density at radius 2 is 2.03 bits per heavy atom. The van der Waals surface area contributed by atoms with Crippen molar-refractivity contribution in [2.45, 2.75) is 37.1 Å². The number of hydrogen-bond donors (Lipinski definition) is 1. The van der Waals surface area contributed by atoms with Crippen LogP contribution in [0.15, 0.2) is 59.6 Å². The van der Waals surface area contributed by atoms with E-state index in [9.17, 15) is 12.8 Å². The SMILES string of the molecule is CCc1cc(N2CCCC(NS(=O)(=O)c3cccc(F)c3)C2)nc(-c2ccccn2)n1. The number of hydrogen-bond acceptors (Lipinski definition) is 6. The van der Waals surface area contributed by atoms with Gasteiger partial charge in [-0.2, -0.15) is 0 Å². The molecule has 1 aliphatic heterocycles. The van der Waals surface area contributed by atoms with Gasteiger partial charge in [0.1, 0.15) is 17.3 Å². The van der Waals surface area contributed by atoms with Crippen molar-refractivity contribution in [3.8, 4) is 11.5 Å². The van der Waals surface area contributed by atoms with Gasteiger partial charge >= 0.3 is 0 Å². The second-order valence-corrected chi connectivity index (χ2v) is 9.19. The van der Waals surface area contributed by atoms with Crippen molar-refractivity contribution in [2.24, 2.45) is 0 Å². The van der Waals surface area contributed by atoms with Crippen molar-refractivity contribution in [3.63, 3.8) is 0 Å². The third kappa shape index (κ3) is 5.05. The highest BCUT2D eigenvalue weighted by Gasteiger charge is 2.26. The van der Waals surface area contributed by atoms with Gasteiger partial charge in [0.2, 0.25) is 10.0 Å². The molecule has 0 saturated carbocycles. The Bertz CT molecular complexity index is 1160. The summed E-state index contributed by atoms with van der Waals surface area (Å²) in [6, 6.07) is 12.3. The second-order valence-electron chi connectivity index (χ2n) is 7.47. The van der Waals surface area contributed by atoms with Gasteiger partial charge in [0.25, 0.3) is 0 Å². The quantitative estimate of drug-likeness (QED) is 0.632. The summed E-state index contributed by atoms with van der Waals surface area (Å²) in [7, 11) is -3.81. The average molecular weight is 442 g/mol. The Kier molecular flexibility index (Phi) is 6.24. The van der Waals surface area contributed by atoms with Crippen LogP contribution in [0.3, 0.4) is 0 Å². The number of benzene rings is 1. The normalized spacial score (nSPS) is 17.0. The number of rotatable bonds is 6. The fraction of sp³-hybridized carbons (Fsp3) is 0.318. The molecule has 1 fully saturated rings. The highest BCUT2D eigenvalue weighted by Crippen LogP contribution is 2.23. The van der Waals surface area contributed by atoms with Crippen LogP contribution in [-0.4, -0.2) is 42.5 Å². The maximum atomic E-state index is 13.5. The first-order chi connectivity index (χ1) is 14.9. The zero-order valence-electron chi connectivity index (χ0n) is 17.2. The van der Waals surface area contributed by atoms with Crippen LogP contribution < -0.4 is 9.62 Å². The van der Waals surface area contributed by atoms with E-state index >= 15 is 0 Å². The van der Waals surface area contributed by atoms with E-state index in [-0.39, 0.29) is 10.9 Å². The van der Waals surface area contributed by atoms with Crippen molar-refractivity contribution in [3.05, 3.63) is 66.2 Å². The van der Waals surface area contributed by atoms with Gasteiger partial charge in [0.15, 0.2) is 5.82 Å². The van der Waals surface area contributed by atoms with Gasteiger partial charge in [-0.25, -0.2) is 27.5 Å². The predicted molar refractivity (Wildman–Crippen MR) is 117 cm³/mol. The summed E-state index contributed by atoms with van der Waals surface area (Å²) in [6.45, 7) is 3.26. The molecule has 0 radical (unpaired) electrons. The van der Waals surface area contributed by atoms with E-state index in [0.29, 0.717) is 24.5 Å². The van der Waals surface area contributed by atoms with Crippen molar-refractivity contribution in [2.75, 3.05) is 18.0 Å². The third-order valence-corrected chi connectivity index (χ3v) is 6.71. The van der Waals surface area contributed by atoms with E-state index in [0.717, 1.165) is 37.0 Å². The molecule has 3 aromatic rings. The molecule has 1 saturated heterocycles. The van der Waals surface area contributed by atoms with Gasteiger partial charge in [0.05, 0.1) is 4.90 Å². The molecule has 1 aromatic carbocycles. The Morgan fingerprint density at radius 1 is 1.16 bits per heavy atom. The molecule has 162 valence electrons. The third-order valence-electron chi connectivity index (χ3n) is 5.20. The van der Waals surface area contributed by atoms with Crippen LogP contribution in [0, 0.1) is 5.82 Å². The molecule has 0 amide bonds. The molecule has 1 atom stereocenters. The number of halogens is 1. The van der Waals surface area contributed by atoms with Crippen LogP contribution in [0.1, 0.15) is 25.5 Å². The first kappa shape index (κ1) is 21.3. The molecule has 7 nitrogen and oxygen atoms in total. The molecule has 0 bridgehead atoms. The lowest BCUT2D eigenvalue weighted by Crippen LogP contribution is -2.48. The first-order valence-electron chi connectivity index (χ1n) is 10.3. The molecule has 9 heteroatoms. The Balaban J connectivity index is 1.56. The molecular weight excluding hydrogens is 417 g/mol. The van der Waals surface area contributed by atoms with Gasteiger partial charge < -0.3 is 4.90 Å².